The number of fused-ring (bicyclic) bond motifs is 6. The first-order valence-electron chi connectivity index (χ1n) is 18.4. The third kappa shape index (κ3) is 3.56. The minimum Gasteiger partial charge on any atom is -0.455 e. The zero-order valence-corrected chi connectivity index (χ0v) is 28.6. The Bertz CT molecular complexity index is 3640. The van der Waals surface area contributed by atoms with Gasteiger partial charge in [0.1, 0.15) is 11.2 Å². The van der Waals surface area contributed by atoms with E-state index < -0.39 is 0 Å². The fourth-order valence-corrected chi connectivity index (χ4v) is 9.85. The second kappa shape index (κ2) is 9.88. The lowest BCUT2D eigenvalue weighted by Gasteiger charge is -2.18. The normalized spacial score (nSPS) is 12.5. The molecule has 0 fully saturated rings. The summed E-state index contributed by atoms with van der Waals surface area (Å²) >= 11 is 0. The number of benzene rings is 12. The highest BCUT2D eigenvalue weighted by Gasteiger charge is 2.23. The Kier molecular flexibility index (Phi) is 5.17. The van der Waals surface area contributed by atoms with Gasteiger partial charge >= 0.3 is 0 Å². The second-order valence-corrected chi connectivity index (χ2v) is 14.7. The average Bonchev–Trinajstić information content (AvgIpc) is 3.60. The summed E-state index contributed by atoms with van der Waals surface area (Å²) in [5.74, 6) is 0. The molecule has 0 aliphatic heterocycles. The molecule has 0 saturated heterocycles. The molecule has 0 unspecified atom stereocenters. The molecule has 0 radical (unpaired) electrons. The largest absolute Gasteiger partial charge is 0.455 e. The van der Waals surface area contributed by atoms with Crippen LogP contribution >= 0.6 is 0 Å². The lowest BCUT2D eigenvalue weighted by atomic mass is 9.84. The van der Waals surface area contributed by atoms with Crippen LogP contribution in [0.2, 0.25) is 0 Å². The molecule has 0 N–H and O–H groups in total. The summed E-state index contributed by atoms with van der Waals surface area (Å²) in [6.07, 6.45) is 0. The van der Waals surface area contributed by atoms with Crippen LogP contribution in [0.25, 0.3) is 130 Å². The van der Waals surface area contributed by atoms with Gasteiger partial charge in [-0.2, -0.15) is 0 Å². The lowest BCUT2D eigenvalue weighted by molar-refractivity contribution is 0.673. The van der Waals surface area contributed by atoms with Crippen molar-refractivity contribution < 1.29 is 4.42 Å². The molecule has 12 aromatic carbocycles. The van der Waals surface area contributed by atoms with E-state index in [1.807, 2.05) is 0 Å². The summed E-state index contributed by atoms with van der Waals surface area (Å²) in [6, 6.07) is 63.1. The van der Waals surface area contributed by atoms with E-state index >= 15 is 0 Å². The second-order valence-electron chi connectivity index (χ2n) is 14.7. The molecule has 13 aromatic rings. The third-order valence-corrected chi connectivity index (χ3v) is 12.1. The van der Waals surface area contributed by atoms with Crippen molar-refractivity contribution in [3.63, 3.8) is 0 Å². The number of rotatable bonds is 2. The van der Waals surface area contributed by atoms with Crippen LogP contribution in [-0.2, 0) is 0 Å². The van der Waals surface area contributed by atoms with Gasteiger partial charge < -0.3 is 4.42 Å². The van der Waals surface area contributed by atoms with Crippen LogP contribution in [-0.4, -0.2) is 0 Å². The van der Waals surface area contributed by atoms with Crippen molar-refractivity contribution in [2.24, 2.45) is 0 Å². The molecule has 0 amide bonds. The van der Waals surface area contributed by atoms with E-state index in [0.717, 1.165) is 21.9 Å². The Labute approximate surface area is 303 Å². The molecule has 1 nitrogen and oxygen atoms in total. The fraction of sp³-hybridized carbons (Fsp3) is 0. The van der Waals surface area contributed by atoms with Crippen molar-refractivity contribution in [1.29, 1.82) is 0 Å². The molecule has 242 valence electrons. The smallest absolute Gasteiger partial charge is 0.143 e. The Morgan fingerprint density at radius 3 is 1.43 bits per heavy atom. The average molecular weight is 669 g/mol. The molecule has 0 aliphatic carbocycles. The van der Waals surface area contributed by atoms with Gasteiger partial charge in [0.25, 0.3) is 0 Å². The molecule has 1 aromatic heterocycles. The summed E-state index contributed by atoms with van der Waals surface area (Å²) in [4.78, 5) is 0. The third-order valence-electron chi connectivity index (χ3n) is 12.1. The first kappa shape index (κ1) is 27.7. The molecule has 1 heterocycles. The van der Waals surface area contributed by atoms with Crippen molar-refractivity contribution in [3.05, 3.63) is 170 Å². The van der Waals surface area contributed by atoms with Gasteiger partial charge in [0.15, 0.2) is 0 Å². The predicted molar refractivity (Wildman–Crippen MR) is 227 cm³/mol. The number of hydrogen-bond donors (Lipinski definition) is 0. The molecule has 13 rings (SSSR count). The molecular weight excluding hydrogens is 641 g/mol. The Morgan fingerprint density at radius 1 is 0.264 bits per heavy atom. The summed E-state index contributed by atoms with van der Waals surface area (Å²) in [6.45, 7) is 0. The van der Waals surface area contributed by atoms with E-state index in [2.05, 4.69) is 170 Å². The fourth-order valence-electron chi connectivity index (χ4n) is 9.85. The first-order valence-corrected chi connectivity index (χ1v) is 18.4. The molecule has 0 atom stereocenters. The standard InChI is InChI=1S/C52H28O/c1-2-11-36-29(6-1)18-27-43-51-45(53-52(36)43)28-44-37(38-23-19-34-16-14-30-7-3-9-32-20-24-40(38)48(34)46(30)32)12-5-13-39(44)50(51)42-26-22-35-17-15-31-8-4-10-33-21-25-41(42)49(35)47(31)33/h1-28H. The highest BCUT2D eigenvalue weighted by molar-refractivity contribution is 6.32. The zero-order valence-electron chi connectivity index (χ0n) is 28.6. The van der Waals surface area contributed by atoms with Gasteiger partial charge in [0.2, 0.25) is 0 Å². The van der Waals surface area contributed by atoms with Crippen LogP contribution in [0.15, 0.2) is 174 Å². The molecule has 0 bridgehead atoms. The van der Waals surface area contributed by atoms with Gasteiger partial charge in [0, 0.05) is 21.7 Å². The van der Waals surface area contributed by atoms with E-state index in [1.165, 1.54) is 108 Å². The molecular formula is C52H28O. The molecule has 0 saturated carbocycles. The maximum atomic E-state index is 7.03. The van der Waals surface area contributed by atoms with Gasteiger partial charge in [-0.15, -0.1) is 0 Å². The van der Waals surface area contributed by atoms with Crippen LogP contribution in [0.3, 0.4) is 0 Å². The number of hydrogen-bond acceptors (Lipinski definition) is 1. The zero-order chi connectivity index (χ0) is 34.4. The molecule has 1 heteroatoms. The van der Waals surface area contributed by atoms with Crippen molar-refractivity contribution in [2.75, 3.05) is 0 Å². The SMILES string of the molecule is c1ccc2c(c1)ccc1c2oc2cc3c(-c4ccc5ccc6cccc7ccc4c5c67)cccc3c(-c3ccc4ccc5cccc6ccc3c4c56)c21. The van der Waals surface area contributed by atoms with Crippen molar-refractivity contribution >= 4 is 108 Å². The molecule has 53 heavy (non-hydrogen) atoms. The van der Waals surface area contributed by atoms with Crippen LogP contribution in [0, 0.1) is 0 Å². The minimum absolute atomic E-state index is 0.912. The van der Waals surface area contributed by atoms with Crippen LogP contribution in [0.4, 0.5) is 0 Å². The van der Waals surface area contributed by atoms with Gasteiger partial charge in [-0.25, -0.2) is 0 Å². The maximum absolute atomic E-state index is 7.03. The van der Waals surface area contributed by atoms with Crippen molar-refractivity contribution in [3.8, 4) is 22.3 Å². The number of furan rings is 1. The summed E-state index contributed by atoms with van der Waals surface area (Å²) in [5, 5.41) is 22.6. The lowest BCUT2D eigenvalue weighted by Crippen LogP contribution is -1.91. The van der Waals surface area contributed by atoms with E-state index in [4.69, 9.17) is 4.42 Å². The summed E-state index contributed by atoms with van der Waals surface area (Å²) < 4.78 is 7.03. The Morgan fingerprint density at radius 2 is 0.736 bits per heavy atom. The highest BCUT2D eigenvalue weighted by atomic mass is 16.3. The van der Waals surface area contributed by atoms with E-state index in [9.17, 15) is 0 Å². The van der Waals surface area contributed by atoms with Crippen molar-refractivity contribution in [1.82, 2.24) is 0 Å². The molecule has 0 spiro atoms. The van der Waals surface area contributed by atoms with Gasteiger partial charge in [-0.05, 0) is 110 Å². The topological polar surface area (TPSA) is 13.1 Å². The monoisotopic (exact) mass is 668 g/mol. The highest BCUT2D eigenvalue weighted by Crippen LogP contribution is 2.49. The minimum atomic E-state index is 0.912. The summed E-state index contributed by atoms with van der Waals surface area (Å²) in [5.41, 5.74) is 6.76. The molecule has 0 aliphatic rings. The predicted octanol–water partition coefficient (Wildman–Crippen LogP) is 15.0. The van der Waals surface area contributed by atoms with E-state index in [0.29, 0.717) is 0 Å². The Balaban J connectivity index is 1.21. The quantitative estimate of drug-likeness (QED) is 0.167. The summed E-state index contributed by atoms with van der Waals surface area (Å²) in [7, 11) is 0. The van der Waals surface area contributed by atoms with Gasteiger partial charge in [-0.1, -0.05) is 158 Å². The van der Waals surface area contributed by atoms with Crippen LogP contribution in [0.1, 0.15) is 0 Å². The van der Waals surface area contributed by atoms with E-state index in [-0.39, 0.29) is 0 Å². The Hall–Kier alpha value is -6.96. The maximum Gasteiger partial charge on any atom is 0.143 e. The van der Waals surface area contributed by atoms with Crippen molar-refractivity contribution in [2.45, 2.75) is 0 Å². The van der Waals surface area contributed by atoms with Crippen LogP contribution < -0.4 is 0 Å². The first-order chi connectivity index (χ1) is 26.3. The van der Waals surface area contributed by atoms with Gasteiger partial charge in [0.05, 0.1) is 0 Å². The van der Waals surface area contributed by atoms with Gasteiger partial charge in [-0.3, -0.25) is 0 Å². The van der Waals surface area contributed by atoms with Crippen LogP contribution in [0.5, 0.6) is 0 Å². The van der Waals surface area contributed by atoms with E-state index in [1.54, 1.807) is 0 Å².